The zero-order valence-corrected chi connectivity index (χ0v) is 38.0. The molecule has 63 heavy (non-hydrogen) atoms. The van der Waals surface area contributed by atoms with Gasteiger partial charge in [0.15, 0.2) is 29.2 Å². The summed E-state index contributed by atoms with van der Waals surface area (Å²) >= 11 is 3.06. The van der Waals surface area contributed by atoms with Gasteiger partial charge in [-0.25, -0.2) is 4.57 Å². The monoisotopic (exact) mass is 953 g/mol. The van der Waals surface area contributed by atoms with Crippen molar-refractivity contribution in [3.05, 3.63) is 89.0 Å². The Morgan fingerprint density at radius 3 is 2.56 bits per heavy atom. The predicted molar refractivity (Wildman–Crippen MR) is 235 cm³/mol. The number of aliphatic hydroxyl groups excluding tert-OH is 1. The number of anilines is 1. The van der Waals surface area contributed by atoms with E-state index >= 15 is 0 Å². The lowest BCUT2D eigenvalue weighted by Crippen LogP contribution is -2.63. The number of unbranched alkanes of at least 4 members (excludes halogenated alkanes) is 1. The van der Waals surface area contributed by atoms with Gasteiger partial charge in [0.25, 0.3) is 0 Å². The molecule has 2 amide bonds. The molecule has 3 saturated carbocycles. The minimum absolute atomic E-state index is 0.0146. The Bertz CT molecular complexity index is 2210. The van der Waals surface area contributed by atoms with Crippen LogP contribution in [0.1, 0.15) is 88.2 Å². The Balaban J connectivity index is 1.06. The summed E-state index contributed by atoms with van der Waals surface area (Å²) in [5.41, 5.74) is 6.51. The number of rotatable bonds is 18. The van der Waals surface area contributed by atoms with E-state index in [-0.39, 0.29) is 65.9 Å². The zero-order chi connectivity index (χ0) is 45.3. The molecule has 340 valence electrons. The maximum absolute atomic E-state index is 14.4. The number of carbonyl (C=O) groups is 5. The van der Waals surface area contributed by atoms with Crippen LogP contribution in [0.3, 0.4) is 0 Å². The number of Topliss-reactive ketones (excluding diaryl/α,β-unsaturated/α-hetero) is 2. The predicted octanol–water partition coefficient (Wildman–Crippen LogP) is 5.15. The quantitative estimate of drug-likeness (QED) is 0.0645. The maximum atomic E-state index is 14.4. The summed E-state index contributed by atoms with van der Waals surface area (Å²) in [6.45, 7) is 3.39. The molecule has 4 aliphatic carbocycles. The Kier molecular flexibility index (Phi) is 14.3. The van der Waals surface area contributed by atoms with Crippen LogP contribution in [0.15, 0.2) is 72.3 Å². The first-order valence-electron chi connectivity index (χ1n) is 21.6. The number of ether oxygens (including phenoxy) is 2. The summed E-state index contributed by atoms with van der Waals surface area (Å²) in [7, 11) is -5.02. The average molecular weight is 955 g/mol. The number of aliphatic hydroxyl groups is 1. The molecular formula is C46H57BrN3O12P. The number of ketones is 3. The third-order valence-corrected chi connectivity index (χ3v) is 15.3. The lowest BCUT2D eigenvalue weighted by atomic mass is 9.46. The molecular weight excluding hydrogens is 897 g/mol. The Hall–Kier alpha value is -3.70. The second-order valence-corrected chi connectivity index (χ2v) is 20.0. The summed E-state index contributed by atoms with van der Waals surface area (Å²) in [5.74, 6) is -2.58. The van der Waals surface area contributed by atoms with Crippen LogP contribution in [0.5, 0.6) is 0 Å². The van der Waals surface area contributed by atoms with E-state index < -0.39 is 61.1 Å². The van der Waals surface area contributed by atoms with Crippen molar-refractivity contribution >= 4 is 58.6 Å². The number of benzene rings is 2. The van der Waals surface area contributed by atoms with Crippen molar-refractivity contribution in [2.45, 2.75) is 95.7 Å². The fraction of sp³-hybridized carbons (Fsp3) is 0.543. The van der Waals surface area contributed by atoms with Gasteiger partial charge in [-0.15, -0.1) is 0 Å². The first-order valence-corrected chi connectivity index (χ1v) is 24.3. The highest BCUT2D eigenvalue weighted by Gasteiger charge is 2.76. The Labute approximate surface area is 375 Å². The average Bonchev–Trinajstić information content (AvgIpc) is 3.74. The smallest absolute Gasteiger partial charge is 0.393 e. The molecule has 2 aromatic rings. The van der Waals surface area contributed by atoms with E-state index in [4.69, 9.17) is 19.7 Å². The van der Waals surface area contributed by atoms with Crippen molar-refractivity contribution in [3.63, 3.8) is 0 Å². The van der Waals surface area contributed by atoms with E-state index in [1.54, 1.807) is 18.2 Å². The first-order chi connectivity index (χ1) is 29.9. The molecule has 0 unspecified atom stereocenters. The number of fused-ring (bicyclic) bond motifs is 7. The van der Waals surface area contributed by atoms with Gasteiger partial charge < -0.3 is 40.7 Å². The largest absolute Gasteiger partial charge is 0.470 e. The lowest BCUT2D eigenvalue weighted by molar-refractivity contribution is -0.200. The minimum atomic E-state index is -5.02. The van der Waals surface area contributed by atoms with Crippen LogP contribution in [-0.4, -0.2) is 86.9 Å². The van der Waals surface area contributed by atoms with Crippen LogP contribution >= 0.6 is 23.8 Å². The van der Waals surface area contributed by atoms with Gasteiger partial charge in [0.1, 0.15) is 6.61 Å². The molecule has 7 rings (SSSR count). The highest BCUT2D eigenvalue weighted by molar-refractivity contribution is 9.09. The molecule has 1 heterocycles. The van der Waals surface area contributed by atoms with Crippen LogP contribution in [0.25, 0.3) is 0 Å². The van der Waals surface area contributed by atoms with E-state index in [0.717, 1.165) is 16.7 Å². The van der Waals surface area contributed by atoms with Gasteiger partial charge in [0, 0.05) is 40.3 Å². The van der Waals surface area contributed by atoms with E-state index in [2.05, 4.69) is 33.5 Å². The number of allylic oxidation sites excluding steroid dienone is 4. The Morgan fingerprint density at radius 1 is 1.08 bits per heavy atom. The molecule has 7 N–H and O–H groups in total. The van der Waals surface area contributed by atoms with Crippen molar-refractivity contribution < 1.29 is 57.4 Å². The molecule has 1 aliphatic heterocycles. The molecule has 10 atom stereocenters. The molecule has 4 fully saturated rings. The molecule has 5 aliphatic rings. The normalized spacial score (nSPS) is 31.2. The highest BCUT2D eigenvalue weighted by Crippen LogP contribution is 2.70. The van der Waals surface area contributed by atoms with Gasteiger partial charge in [-0.2, -0.15) is 0 Å². The molecule has 17 heteroatoms. The van der Waals surface area contributed by atoms with Gasteiger partial charge >= 0.3 is 7.82 Å². The van der Waals surface area contributed by atoms with E-state index in [0.29, 0.717) is 62.7 Å². The third kappa shape index (κ3) is 9.66. The number of nitrogens with one attached hydrogen (secondary N) is 2. The number of alkyl halides is 1. The van der Waals surface area contributed by atoms with Crippen LogP contribution in [-0.2, 0) is 49.0 Å². The van der Waals surface area contributed by atoms with Gasteiger partial charge in [-0.05, 0) is 98.7 Å². The van der Waals surface area contributed by atoms with Gasteiger partial charge in [0.05, 0.1) is 24.1 Å². The van der Waals surface area contributed by atoms with E-state index in [1.807, 2.05) is 55.5 Å². The Morgan fingerprint density at radius 2 is 1.84 bits per heavy atom. The number of carbonyl (C=O) groups excluding carboxylic acids is 5. The van der Waals surface area contributed by atoms with Gasteiger partial charge in [-0.1, -0.05) is 84.2 Å². The van der Waals surface area contributed by atoms with Crippen molar-refractivity contribution in [2.24, 2.45) is 40.2 Å². The van der Waals surface area contributed by atoms with Crippen molar-refractivity contribution in [1.82, 2.24) is 5.32 Å². The van der Waals surface area contributed by atoms with Crippen LogP contribution in [0.2, 0.25) is 0 Å². The molecule has 0 bridgehead atoms. The molecule has 0 spiro atoms. The second kappa shape index (κ2) is 19.0. The highest BCUT2D eigenvalue weighted by atomic mass is 79.9. The molecule has 15 nitrogen and oxygen atoms in total. The van der Waals surface area contributed by atoms with Crippen molar-refractivity contribution in [3.8, 4) is 0 Å². The second-order valence-electron chi connectivity index (χ2n) is 18.2. The number of hydrogen-bond acceptors (Lipinski definition) is 11. The number of phosphoric ester groups is 1. The van der Waals surface area contributed by atoms with Crippen molar-refractivity contribution in [1.29, 1.82) is 0 Å². The number of hydrogen-bond donors (Lipinski definition) is 6. The molecule has 1 saturated heterocycles. The fourth-order valence-electron chi connectivity index (χ4n) is 11.5. The van der Waals surface area contributed by atoms with Crippen molar-refractivity contribution in [2.75, 3.05) is 30.3 Å². The topological polar surface area (TPSA) is 241 Å². The number of halogens is 1. The summed E-state index contributed by atoms with van der Waals surface area (Å²) in [6.07, 6.45) is 6.79. The fourth-order valence-corrected chi connectivity index (χ4v) is 11.9. The molecule has 0 aromatic heterocycles. The molecule has 0 radical (unpaired) electrons. The summed E-state index contributed by atoms with van der Waals surface area (Å²) < 4.78 is 30.0. The molecule has 2 aromatic carbocycles. The van der Waals surface area contributed by atoms with Crippen LogP contribution in [0.4, 0.5) is 5.69 Å². The summed E-state index contributed by atoms with van der Waals surface area (Å²) in [6, 6.07) is 14.9. The van der Waals surface area contributed by atoms with E-state index in [1.165, 1.54) is 0 Å². The maximum Gasteiger partial charge on any atom is 0.470 e. The number of phosphoric acid groups is 1. The summed E-state index contributed by atoms with van der Waals surface area (Å²) in [5, 5.41) is 17.6. The van der Waals surface area contributed by atoms with Gasteiger partial charge in [0.2, 0.25) is 11.8 Å². The number of amides is 2. The van der Waals surface area contributed by atoms with E-state index in [9.17, 15) is 43.4 Å². The standard InChI is InChI=1S/C46H57BrN3O12P/c1-44-16-15-33(51)21-31(44)13-14-35-36-22-39-46(38(54)26-60-63(57,58)59,45(36,2)23-37(53)41(35)44)62-43(61-39)29-11-9-27(10-12-29)18-28-6-5-8-32(19-28)50-42(56)30(7-3-4-17-48)20-34(52)25-49-40(55)24-47/h5-6,8-12,15-16,19,21,30,35-37,39,41,43,53H,3-4,7,13-14,17-18,20,22-26,48H2,1-2H3,(H,49,55)(H,50,56)(H2,57,58,59)/t30-,35+,36+,37+,39-,41-,43-,44+,45+,46-/m1/s1. The SMILES string of the molecule is C[C@]12C=CC(=O)C=C1CC[C@@H]1[C@@H]2[C@@H](O)C[C@@]2(C)[C@H]1C[C@H]1O[C@@H](c3ccc(Cc4cccc(NC(=O)[C@H](CCCCN)CC(=O)CNC(=O)CBr)c4)cc3)O[C@]12C(=O)COP(=O)(O)O. The third-order valence-electron chi connectivity index (χ3n) is 14.3. The number of nitrogens with two attached hydrogens (primary N) is 1. The van der Waals surface area contributed by atoms with Crippen LogP contribution in [0, 0.1) is 34.5 Å². The summed E-state index contributed by atoms with van der Waals surface area (Å²) in [4.78, 5) is 83.6. The van der Waals surface area contributed by atoms with Crippen LogP contribution < -0.4 is 16.4 Å². The zero-order valence-electron chi connectivity index (χ0n) is 35.5. The van der Waals surface area contributed by atoms with Gasteiger partial charge in [-0.3, -0.25) is 28.5 Å². The first kappa shape index (κ1) is 47.3. The minimum Gasteiger partial charge on any atom is -0.393 e. The lowest BCUT2D eigenvalue weighted by Gasteiger charge is -2.59.